The molecule has 2 amide bonds. The van der Waals surface area contributed by atoms with Gasteiger partial charge in [0, 0.05) is 6.42 Å². The van der Waals surface area contributed by atoms with Crippen LogP contribution >= 0.6 is 0 Å². The Morgan fingerprint density at radius 1 is 1.05 bits per heavy atom. The average molecular weight is 532 g/mol. The van der Waals surface area contributed by atoms with Gasteiger partial charge >= 0.3 is 12.4 Å². The number of imidazole rings is 1. The monoisotopic (exact) mass is 532 g/mol. The maximum Gasteiger partial charge on any atom is 0.390 e. The summed E-state index contributed by atoms with van der Waals surface area (Å²) >= 11 is 0. The van der Waals surface area contributed by atoms with Gasteiger partial charge in [-0.1, -0.05) is 0 Å². The summed E-state index contributed by atoms with van der Waals surface area (Å²) in [5.74, 6) is -1.26. The summed E-state index contributed by atoms with van der Waals surface area (Å²) in [7, 11) is 0. The molecule has 4 rings (SSSR count). The molecular formula is C21H22F6N8O2. The number of alkyl halides is 6. The van der Waals surface area contributed by atoms with Gasteiger partial charge in [-0.2, -0.15) is 41.3 Å². The molecule has 1 unspecified atom stereocenters. The molecule has 1 aliphatic rings. The Hall–Kier alpha value is -3.72. The number of aryl methyl sites for hydroxylation is 1. The second-order valence-electron chi connectivity index (χ2n) is 8.70. The zero-order valence-corrected chi connectivity index (χ0v) is 19.2. The zero-order chi connectivity index (χ0) is 26.8. The first-order valence-electron chi connectivity index (χ1n) is 11.3. The molecule has 16 heteroatoms. The van der Waals surface area contributed by atoms with Crippen LogP contribution in [0.2, 0.25) is 0 Å². The topological polar surface area (TPSA) is 119 Å². The largest absolute Gasteiger partial charge is 0.390 e. The van der Waals surface area contributed by atoms with Crippen molar-refractivity contribution in [3.63, 3.8) is 0 Å². The van der Waals surface area contributed by atoms with Crippen LogP contribution in [-0.4, -0.2) is 53.8 Å². The molecule has 0 aromatic carbocycles. The van der Waals surface area contributed by atoms with E-state index in [9.17, 15) is 35.9 Å². The second-order valence-corrected chi connectivity index (χ2v) is 8.70. The highest BCUT2D eigenvalue weighted by Crippen LogP contribution is 2.41. The van der Waals surface area contributed by atoms with Gasteiger partial charge < -0.3 is 10.6 Å². The number of carbonyl (C=O) groups excluding carboxylic acids is 2. The number of nitrogens with one attached hydrogen (secondary N) is 2. The molecule has 1 fully saturated rings. The molecule has 2 N–H and O–H groups in total. The fourth-order valence-corrected chi connectivity index (χ4v) is 3.60. The van der Waals surface area contributed by atoms with Gasteiger partial charge in [-0.25, -0.2) is 9.50 Å². The smallest absolute Gasteiger partial charge is 0.349 e. The van der Waals surface area contributed by atoms with Gasteiger partial charge in [-0.3, -0.25) is 9.59 Å². The number of halogens is 6. The van der Waals surface area contributed by atoms with Crippen LogP contribution in [0.25, 0.3) is 5.65 Å². The molecule has 0 saturated heterocycles. The lowest BCUT2D eigenvalue weighted by molar-refractivity contribution is -0.144. The van der Waals surface area contributed by atoms with Crippen LogP contribution in [0.15, 0.2) is 24.7 Å². The van der Waals surface area contributed by atoms with Crippen molar-refractivity contribution < 1.29 is 35.9 Å². The van der Waals surface area contributed by atoms with E-state index in [1.165, 1.54) is 10.7 Å². The highest BCUT2D eigenvalue weighted by molar-refractivity contribution is 5.91. The van der Waals surface area contributed by atoms with Crippen molar-refractivity contribution in [1.29, 1.82) is 0 Å². The van der Waals surface area contributed by atoms with Crippen molar-refractivity contribution in [2.45, 2.75) is 63.6 Å². The van der Waals surface area contributed by atoms with E-state index in [2.05, 4.69) is 30.9 Å². The highest BCUT2D eigenvalue weighted by atomic mass is 19.4. The van der Waals surface area contributed by atoms with Gasteiger partial charge in [-0.05, 0) is 30.4 Å². The molecule has 0 radical (unpaired) electrons. The van der Waals surface area contributed by atoms with Crippen molar-refractivity contribution in [3.8, 4) is 0 Å². The summed E-state index contributed by atoms with van der Waals surface area (Å²) in [4.78, 5) is 29.5. The third-order valence-corrected chi connectivity index (χ3v) is 5.59. The van der Waals surface area contributed by atoms with E-state index >= 15 is 0 Å². The predicted molar refractivity (Wildman–Crippen MR) is 114 cm³/mol. The summed E-state index contributed by atoms with van der Waals surface area (Å²) in [5, 5.41) is 16.8. The predicted octanol–water partition coefficient (Wildman–Crippen LogP) is 3.11. The number of fused-ring (bicyclic) bond motifs is 1. The number of hydrogen-bond donors (Lipinski definition) is 2. The van der Waals surface area contributed by atoms with Crippen molar-refractivity contribution in [2.75, 3.05) is 0 Å². The number of aromatic nitrogens is 6. The quantitative estimate of drug-likeness (QED) is 0.388. The number of hydrogen-bond acceptors (Lipinski definition) is 6. The summed E-state index contributed by atoms with van der Waals surface area (Å²) in [6.07, 6.45) is -6.02. The van der Waals surface area contributed by atoms with Crippen LogP contribution < -0.4 is 10.6 Å². The van der Waals surface area contributed by atoms with E-state index in [4.69, 9.17) is 0 Å². The molecule has 1 saturated carbocycles. The molecule has 1 aliphatic carbocycles. The molecule has 0 bridgehead atoms. The van der Waals surface area contributed by atoms with Crippen LogP contribution in [0.5, 0.6) is 0 Å². The number of amides is 2. The third-order valence-electron chi connectivity index (χ3n) is 5.59. The molecule has 200 valence electrons. The minimum Gasteiger partial charge on any atom is -0.349 e. The molecule has 0 spiro atoms. The van der Waals surface area contributed by atoms with E-state index in [1.807, 2.05) is 0 Å². The van der Waals surface area contributed by atoms with Crippen LogP contribution in [-0.2, 0) is 17.9 Å². The normalized spacial score (nSPS) is 15.1. The summed E-state index contributed by atoms with van der Waals surface area (Å²) in [5.41, 5.74) is 1.27. The molecule has 3 heterocycles. The minimum absolute atomic E-state index is 0.0346. The van der Waals surface area contributed by atoms with Crippen molar-refractivity contribution in [1.82, 2.24) is 40.2 Å². The Balaban J connectivity index is 1.36. The molecule has 0 aliphatic heterocycles. The van der Waals surface area contributed by atoms with Gasteiger partial charge in [0.05, 0.1) is 56.3 Å². The Labute approximate surface area is 205 Å². The lowest BCUT2D eigenvalue weighted by Crippen LogP contribution is -2.30. The molecule has 3 aromatic rings. The highest BCUT2D eigenvalue weighted by Gasteiger charge is 2.35. The fraction of sp³-hybridized carbons (Fsp3) is 0.524. The van der Waals surface area contributed by atoms with Crippen molar-refractivity contribution in [2.24, 2.45) is 5.92 Å². The Morgan fingerprint density at radius 3 is 2.46 bits per heavy atom. The Morgan fingerprint density at radius 2 is 1.78 bits per heavy atom. The number of nitrogens with zero attached hydrogens (tertiary/aromatic N) is 6. The number of carbonyl (C=O) groups is 2. The van der Waals surface area contributed by atoms with Gasteiger partial charge in [0.1, 0.15) is 0 Å². The fourth-order valence-electron chi connectivity index (χ4n) is 3.60. The Kier molecular flexibility index (Phi) is 7.36. The Bertz CT molecular complexity index is 1260. The molecule has 1 atom stereocenters. The molecule has 37 heavy (non-hydrogen) atoms. The van der Waals surface area contributed by atoms with E-state index in [1.54, 1.807) is 12.3 Å². The second kappa shape index (κ2) is 10.3. The van der Waals surface area contributed by atoms with E-state index in [0.29, 0.717) is 16.9 Å². The zero-order valence-electron chi connectivity index (χ0n) is 19.2. The van der Waals surface area contributed by atoms with Gasteiger partial charge in [0.2, 0.25) is 5.91 Å². The van der Waals surface area contributed by atoms with Gasteiger partial charge in [0.25, 0.3) is 5.91 Å². The third kappa shape index (κ3) is 7.63. The maximum atomic E-state index is 12.4. The standard InChI is InChI=1S/C21H22F6N8O2/c22-20(23,24)4-3-17(36)32-18(12-1-2-12)13-7-16-31-14(11-34(16)29-8-13)9-28-19(37)15-10-30-35(33-15)6-5-21(25,26)27/h7-8,10-12,18H,1-6,9H2,(H,28,37)(H,32,36). The summed E-state index contributed by atoms with van der Waals surface area (Å²) in [6, 6.07) is 1.18. The minimum atomic E-state index is -4.42. The lowest BCUT2D eigenvalue weighted by Gasteiger charge is -2.19. The molecule has 3 aromatic heterocycles. The first-order valence-corrected chi connectivity index (χ1v) is 11.3. The lowest BCUT2D eigenvalue weighted by atomic mass is 10.0. The molecule has 10 nitrogen and oxygen atoms in total. The average Bonchev–Trinajstić information content (AvgIpc) is 3.39. The molecular weight excluding hydrogens is 510 g/mol. The van der Waals surface area contributed by atoms with Crippen LogP contribution in [0.3, 0.4) is 0 Å². The maximum absolute atomic E-state index is 12.4. The van der Waals surface area contributed by atoms with Gasteiger partial charge in [0.15, 0.2) is 11.3 Å². The van der Waals surface area contributed by atoms with Crippen LogP contribution in [0.1, 0.15) is 59.9 Å². The summed E-state index contributed by atoms with van der Waals surface area (Å²) in [6.45, 7) is -0.547. The number of rotatable bonds is 10. The van der Waals surface area contributed by atoms with Crippen LogP contribution in [0.4, 0.5) is 26.3 Å². The SMILES string of the molecule is O=C(CCC(F)(F)F)NC(c1cnn2cc(CNC(=O)c3cnn(CCC(F)(F)F)n3)nc2c1)C1CC1. The van der Waals surface area contributed by atoms with Crippen molar-refractivity contribution in [3.05, 3.63) is 41.6 Å². The summed E-state index contributed by atoms with van der Waals surface area (Å²) < 4.78 is 75.7. The first-order chi connectivity index (χ1) is 17.4. The van der Waals surface area contributed by atoms with Gasteiger partial charge in [-0.15, -0.1) is 5.10 Å². The van der Waals surface area contributed by atoms with Crippen LogP contribution in [0, 0.1) is 5.92 Å². The first kappa shape index (κ1) is 26.3. The van der Waals surface area contributed by atoms with Crippen molar-refractivity contribution >= 4 is 17.5 Å². The van der Waals surface area contributed by atoms with E-state index in [0.717, 1.165) is 23.8 Å². The van der Waals surface area contributed by atoms with E-state index < -0.39 is 56.0 Å². The van der Waals surface area contributed by atoms with E-state index in [-0.39, 0.29) is 18.2 Å².